The zero-order chi connectivity index (χ0) is 6.73. The summed E-state index contributed by atoms with van der Waals surface area (Å²) >= 11 is 0. The van der Waals surface area contributed by atoms with Crippen LogP contribution in [0.15, 0.2) is 0 Å². The van der Waals surface area contributed by atoms with Gasteiger partial charge in [0.05, 0.1) is 0 Å². The first kappa shape index (κ1) is 7.47. The van der Waals surface area contributed by atoms with Crippen molar-refractivity contribution in [2.45, 2.75) is 20.8 Å². The molecule has 0 unspecified atom stereocenters. The van der Waals surface area contributed by atoms with Gasteiger partial charge in [-0.15, -0.1) is 0 Å². The molecule has 1 atom stereocenters. The van der Waals surface area contributed by atoms with Crippen molar-refractivity contribution in [1.82, 2.24) is 0 Å². The minimum atomic E-state index is -0.958. The Bertz CT molecular complexity index is 86.5. The second-order valence-electron chi connectivity index (χ2n) is 2.35. The van der Waals surface area contributed by atoms with Crippen LogP contribution in [-0.4, -0.2) is 5.97 Å². The molecule has 0 aromatic rings. The van der Waals surface area contributed by atoms with Crippen molar-refractivity contribution in [3.8, 4) is 0 Å². The van der Waals surface area contributed by atoms with E-state index in [1.54, 1.807) is 6.92 Å². The summed E-state index contributed by atoms with van der Waals surface area (Å²) in [5.74, 6) is -1.10. The zero-order valence-corrected chi connectivity index (χ0v) is 5.47. The Balaban J connectivity index is 3.64. The summed E-state index contributed by atoms with van der Waals surface area (Å²) in [4.78, 5) is 10.0. The largest absolute Gasteiger partial charge is 0.550 e. The average molecular weight is 115 g/mol. The fourth-order valence-corrected chi connectivity index (χ4v) is 0.272. The van der Waals surface area contributed by atoms with Crippen LogP contribution < -0.4 is 5.11 Å². The van der Waals surface area contributed by atoms with Gasteiger partial charge in [0.15, 0.2) is 0 Å². The third kappa shape index (κ3) is 1.96. The van der Waals surface area contributed by atoms with E-state index in [0.29, 0.717) is 0 Å². The van der Waals surface area contributed by atoms with E-state index in [1.807, 2.05) is 13.8 Å². The van der Waals surface area contributed by atoms with Crippen LogP contribution in [0.4, 0.5) is 0 Å². The molecule has 2 nitrogen and oxygen atoms in total. The lowest BCUT2D eigenvalue weighted by molar-refractivity contribution is -0.312. The molecule has 8 heavy (non-hydrogen) atoms. The van der Waals surface area contributed by atoms with E-state index in [-0.39, 0.29) is 11.8 Å². The number of carboxylic acid groups (broad SMARTS) is 1. The van der Waals surface area contributed by atoms with E-state index in [1.165, 1.54) is 0 Å². The summed E-state index contributed by atoms with van der Waals surface area (Å²) in [5.41, 5.74) is 0. The van der Waals surface area contributed by atoms with Gasteiger partial charge in [-0.3, -0.25) is 0 Å². The molecule has 0 saturated carbocycles. The second kappa shape index (κ2) is 2.70. The lowest BCUT2D eigenvalue weighted by Gasteiger charge is -2.15. The van der Waals surface area contributed by atoms with Gasteiger partial charge in [0, 0.05) is 5.97 Å². The van der Waals surface area contributed by atoms with Crippen molar-refractivity contribution in [2.75, 3.05) is 0 Å². The van der Waals surface area contributed by atoms with E-state index in [0.717, 1.165) is 0 Å². The maximum absolute atomic E-state index is 10.0. The summed E-state index contributed by atoms with van der Waals surface area (Å²) in [7, 11) is 0. The number of hydrogen-bond donors (Lipinski definition) is 0. The molecular weight excluding hydrogens is 104 g/mol. The second-order valence-corrected chi connectivity index (χ2v) is 2.35. The molecule has 0 aromatic carbocycles. The Morgan fingerprint density at radius 1 is 1.38 bits per heavy atom. The number of carbonyl (C=O) groups excluding carboxylic acids is 1. The highest BCUT2D eigenvalue weighted by atomic mass is 16.4. The lowest BCUT2D eigenvalue weighted by Crippen LogP contribution is -2.32. The van der Waals surface area contributed by atoms with Crippen LogP contribution >= 0.6 is 0 Å². The lowest BCUT2D eigenvalue weighted by atomic mass is 9.99. The first-order valence-corrected chi connectivity index (χ1v) is 2.76. The normalized spacial score (nSPS) is 14.0. The summed E-state index contributed by atoms with van der Waals surface area (Å²) < 4.78 is 0. The van der Waals surface area contributed by atoms with E-state index < -0.39 is 5.97 Å². The number of rotatable bonds is 2. The molecule has 0 aromatic heterocycles. The van der Waals surface area contributed by atoms with E-state index in [9.17, 15) is 9.90 Å². The molecule has 0 rings (SSSR count). The molecule has 0 saturated heterocycles. The topological polar surface area (TPSA) is 40.1 Å². The van der Waals surface area contributed by atoms with Crippen LogP contribution in [0.1, 0.15) is 20.8 Å². The summed E-state index contributed by atoms with van der Waals surface area (Å²) in [5, 5.41) is 10.0. The number of aliphatic carboxylic acids is 1. The van der Waals surface area contributed by atoms with E-state index in [4.69, 9.17) is 0 Å². The summed E-state index contributed by atoms with van der Waals surface area (Å²) in [6.45, 7) is 5.38. The van der Waals surface area contributed by atoms with E-state index in [2.05, 4.69) is 0 Å². The van der Waals surface area contributed by atoms with E-state index >= 15 is 0 Å². The Labute approximate surface area is 49.5 Å². The minimum Gasteiger partial charge on any atom is -0.550 e. The monoisotopic (exact) mass is 115 g/mol. The number of carboxylic acids is 1. The van der Waals surface area contributed by atoms with Crippen molar-refractivity contribution in [3.05, 3.63) is 0 Å². The highest BCUT2D eigenvalue weighted by Gasteiger charge is 2.05. The van der Waals surface area contributed by atoms with Gasteiger partial charge in [-0.05, 0) is 11.8 Å². The molecule has 0 N–H and O–H groups in total. The van der Waals surface area contributed by atoms with Crippen molar-refractivity contribution in [2.24, 2.45) is 11.8 Å². The standard InChI is InChI=1S/C6H12O2/c1-4(2)5(3)6(7)8/h4-5H,1-3H3,(H,7,8)/p-1/t5-/m0/s1. The minimum absolute atomic E-state index is 0.181. The molecule has 0 radical (unpaired) electrons. The van der Waals surface area contributed by atoms with Gasteiger partial charge >= 0.3 is 0 Å². The van der Waals surface area contributed by atoms with Gasteiger partial charge in [-0.25, -0.2) is 0 Å². The predicted molar refractivity (Wildman–Crippen MR) is 29.0 cm³/mol. The molecule has 0 fully saturated rings. The highest BCUT2D eigenvalue weighted by molar-refractivity contribution is 5.67. The van der Waals surface area contributed by atoms with Crippen molar-refractivity contribution in [1.29, 1.82) is 0 Å². The first-order chi connectivity index (χ1) is 3.55. The predicted octanol–water partition coefficient (Wildman–Crippen LogP) is 0.0284. The molecule has 0 aliphatic heterocycles. The molecule has 2 heteroatoms. The molecule has 48 valence electrons. The molecular formula is C6H11O2-. The van der Waals surface area contributed by atoms with Crippen LogP contribution in [0.3, 0.4) is 0 Å². The zero-order valence-electron chi connectivity index (χ0n) is 5.47. The quantitative estimate of drug-likeness (QED) is 0.509. The van der Waals surface area contributed by atoms with Crippen LogP contribution in [0.5, 0.6) is 0 Å². The average Bonchev–Trinajstić information content (AvgIpc) is 1.64. The molecule has 0 heterocycles. The number of hydrogen-bond acceptors (Lipinski definition) is 2. The van der Waals surface area contributed by atoms with Crippen molar-refractivity contribution < 1.29 is 9.90 Å². The molecule has 0 aliphatic carbocycles. The third-order valence-corrected chi connectivity index (χ3v) is 1.37. The fraction of sp³-hybridized carbons (Fsp3) is 0.833. The van der Waals surface area contributed by atoms with Gasteiger partial charge < -0.3 is 9.90 Å². The summed E-state index contributed by atoms with van der Waals surface area (Å²) in [6, 6.07) is 0. The van der Waals surface area contributed by atoms with Crippen molar-refractivity contribution >= 4 is 5.97 Å². The van der Waals surface area contributed by atoms with Gasteiger partial charge in [0.2, 0.25) is 0 Å². The Kier molecular flexibility index (Phi) is 2.52. The first-order valence-electron chi connectivity index (χ1n) is 2.76. The smallest absolute Gasteiger partial charge is 0.0445 e. The van der Waals surface area contributed by atoms with Crippen molar-refractivity contribution in [3.63, 3.8) is 0 Å². The molecule has 0 aliphatic rings. The summed E-state index contributed by atoms with van der Waals surface area (Å²) in [6.07, 6.45) is 0. The SMILES string of the molecule is CC(C)[C@H](C)C(=O)[O-]. The molecule has 0 amide bonds. The van der Waals surface area contributed by atoms with Gasteiger partial charge in [-0.1, -0.05) is 20.8 Å². The third-order valence-electron chi connectivity index (χ3n) is 1.37. The Hall–Kier alpha value is -0.530. The maximum atomic E-state index is 10.0. The fourth-order valence-electron chi connectivity index (χ4n) is 0.272. The van der Waals surface area contributed by atoms with Gasteiger partial charge in [0.1, 0.15) is 0 Å². The van der Waals surface area contributed by atoms with Gasteiger partial charge in [-0.2, -0.15) is 0 Å². The van der Waals surface area contributed by atoms with Gasteiger partial charge in [0.25, 0.3) is 0 Å². The molecule has 0 spiro atoms. The van der Waals surface area contributed by atoms with Crippen LogP contribution in [0, 0.1) is 11.8 Å². The highest BCUT2D eigenvalue weighted by Crippen LogP contribution is 2.06. The molecule has 0 bridgehead atoms. The Morgan fingerprint density at radius 2 is 1.75 bits per heavy atom. The van der Waals surface area contributed by atoms with Crippen LogP contribution in [0.2, 0.25) is 0 Å². The Morgan fingerprint density at radius 3 is 1.75 bits per heavy atom. The maximum Gasteiger partial charge on any atom is 0.0445 e. The van der Waals surface area contributed by atoms with Crippen LogP contribution in [0.25, 0.3) is 0 Å². The number of carbonyl (C=O) groups is 1. The van der Waals surface area contributed by atoms with Crippen LogP contribution in [-0.2, 0) is 4.79 Å².